The average molecular weight is 238 g/mol. The summed E-state index contributed by atoms with van der Waals surface area (Å²) in [6, 6.07) is 0. The van der Waals surface area contributed by atoms with E-state index in [1.165, 1.54) is 13.8 Å². The maximum atomic E-state index is 8.76. The molecule has 0 aliphatic heterocycles. The maximum absolute atomic E-state index is 8.76. The minimum Gasteiger partial charge on any atom is -0.249 e. The second-order valence-electron chi connectivity index (χ2n) is 4.69. The molecule has 6 nitrogen and oxygen atoms in total. The molecule has 0 radical (unpaired) electrons. The van der Waals surface area contributed by atoms with Crippen LogP contribution in [0.4, 0.5) is 0 Å². The highest BCUT2D eigenvalue weighted by molar-refractivity contribution is 4.67. The first-order valence-electron chi connectivity index (χ1n) is 5.24. The molecule has 0 saturated heterocycles. The van der Waals surface area contributed by atoms with Crippen molar-refractivity contribution >= 4 is 0 Å². The second-order valence-corrected chi connectivity index (χ2v) is 4.69. The van der Waals surface area contributed by atoms with Crippen LogP contribution in [0.3, 0.4) is 0 Å². The largest absolute Gasteiger partial charge is 0.249 e. The van der Waals surface area contributed by atoms with E-state index in [2.05, 4.69) is 9.78 Å². The summed E-state index contributed by atoms with van der Waals surface area (Å²) in [4.78, 5) is 18.5. The summed E-state index contributed by atoms with van der Waals surface area (Å²) in [6.07, 6.45) is 0. The molecule has 2 unspecified atom stereocenters. The van der Waals surface area contributed by atoms with Gasteiger partial charge in [0.15, 0.2) is 0 Å². The Labute approximate surface area is 95.9 Å². The van der Waals surface area contributed by atoms with Gasteiger partial charge in [0.05, 0.1) is 0 Å². The van der Waals surface area contributed by atoms with Crippen LogP contribution in [0.15, 0.2) is 0 Å². The molecule has 0 aromatic heterocycles. The van der Waals surface area contributed by atoms with Crippen molar-refractivity contribution in [1.29, 1.82) is 0 Å². The van der Waals surface area contributed by atoms with E-state index in [0.29, 0.717) is 0 Å². The number of hydrogen-bond donors (Lipinski definition) is 2. The lowest BCUT2D eigenvalue weighted by Gasteiger charge is -2.34. The Hall–Kier alpha value is -0.240. The van der Waals surface area contributed by atoms with Crippen molar-refractivity contribution in [2.75, 3.05) is 0 Å². The Morgan fingerprint density at radius 3 is 1.12 bits per heavy atom. The van der Waals surface area contributed by atoms with E-state index in [1.54, 1.807) is 27.7 Å². The molecule has 0 rings (SSSR count). The Morgan fingerprint density at radius 2 is 1.00 bits per heavy atom. The minimum atomic E-state index is -1.32. The molecule has 0 fully saturated rings. The van der Waals surface area contributed by atoms with Crippen LogP contribution < -0.4 is 0 Å². The predicted molar refractivity (Wildman–Crippen MR) is 56.1 cm³/mol. The van der Waals surface area contributed by atoms with Crippen LogP contribution in [0.25, 0.3) is 0 Å². The molecule has 0 amide bonds. The molecule has 98 valence electrons. The molecule has 0 heterocycles. The molecule has 0 aliphatic carbocycles. The van der Waals surface area contributed by atoms with E-state index in [0.717, 1.165) is 0 Å². The Morgan fingerprint density at radius 1 is 0.750 bits per heavy atom. The van der Waals surface area contributed by atoms with Crippen LogP contribution in [0.1, 0.15) is 41.5 Å². The van der Waals surface area contributed by atoms with Gasteiger partial charge in [0, 0.05) is 11.8 Å². The lowest BCUT2D eigenvalue weighted by atomic mass is 10.1. The zero-order valence-corrected chi connectivity index (χ0v) is 10.7. The Kier molecular flexibility index (Phi) is 5.81. The monoisotopic (exact) mass is 238 g/mol. The number of hydrogen-bond acceptors (Lipinski definition) is 6. The molecule has 0 aromatic carbocycles. The van der Waals surface area contributed by atoms with Gasteiger partial charge in [-0.3, -0.25) is 0 Å². The first-order valence-corrected chi connectivity index (χ1v) is 5.24. The van der Waals surface area contributed by atoms with Gasteiger partial charge in [-0.15, -0.1) is 0 Å². The summed E-state index contributed by atoms with van der Waals surface area (Å²) in [5.74, 6) is -2.97. The highest BCUT2D eigenvalue weighted by Gasteiger charge is 2.39. The summed E-state index contributed by atoms with van der Waals surface area (Å²) in [5, 5.41) is 17.5. The topological polar surface area (TPSA) is 77.4 Å². The van der Waals surface area contributed by atoms with Crippen molar-refractivity contribution in [3.05, 3.63) is 0 Å². The summed E-state index contributed by atoms with van der Waals surface area (Å²) >= 11 is 0. The van der Waals surface area contributed by atoms with Crippen LogP contribution >= 0.6 is 0 Å². The fraction of sp³-hybridized carbons (Fsp3) is 1.00. The van der Waals surface area contributed by atoms with Crippen molar-refractivity contribution in [2.45, 2.75) is 53.1 Å². The minimum absolute atomic E-state index is 0.160. The maximum Gasteiger partial charge on any atom is 0.233 e. The van der Waals surface area contributed by atoms with Crippen molar-refractivity contribution in [2.24, 2.45) is 11.8 Å². The molecule has 16 heavy (non-hydrogen) atoms. The summed E-state index contributed by atoms with van der Waals surface area (Å²) in [5.41, 5.74) is 0. The molecule has 0 spiro atoms. The first-order chi connectivity index (χ1) is 7.22. The quantitative estimate of drug-likeness (QED) is 0.403. The van der Waals surface area contributed by atoms with Gasteiger partial charge in [0.2, 0.25) is 11.6 Å². The van der Waals surface area contributed by atoms with Crippen LogP contribution in [0.5, 0.6) is 0 Å². The number of rotatable bonds is 7. The van der Waals surface area contributed by atoms with Crippen molar-refractivity contribution in [3.63, 3.8) is 0 Å². The van der Waals surface area contributed by atoms with Gasteiger partial charge in [-0.25, -0.2) is 20.3 Å². The van der Waals surface area contributed by atoms with Crippen molar-refractivity contribution in [1.82, 2.24) is 0 Å². The fourth-order valence-electron chi connectivity index (χ4n) is 0.599. The van der Waals surface area contributed by atoms with Gasteiger partial charge >= 0.3 is 0 Å². The molecule has 0 bridgehead atoms. The van der Waals surface area contributed by atoms with Gasteiger partial charge in [-0.1, -0.05) is 27.7 Å². The molecule has 0 aliphatic rings. The molecule has 2 atom stereocenters. The van der Waals surface area contributed by atoms with Crippen LogP contribution in [-0.2, 0) is 19.6 Å². The lowest BCUT2D eigenvalue weighted by Crippen LogP contribution is -2.44. The zero-order chi connectivity index (χ0) is 13.0. The third-order valence-electron chi connectivity index (χ3n) is 2.83. The smallest absolute Gasteiger partial charge is 0.233 e. The van der Waals surface area contributed by atoms with E-state index in [9.17, 15) is 0 Å². The molecule has 0 saturated carbocycles. The predicted octanol–water partition coefficient (Wildman–Crippen LogP) is 2.66. The van der Waals surface area contributed by atoms with Gasteiger partial charge in [-0.2, -0.15) is 9.78 Å². The lowest BCUT2D eigenvalue weighted by molar-refractivity contribution is -0.577. The molecule has 2 N–H and O–H groups in total. The Bertz CT molecular complexity index is 185. The van der Waals surface area contributed by atoms with E-state index in [-0.39, 0.29) is 11.8 Å². The second kappa shape index (κ2) is 5.90. The SMILES string of the molecule is CC(C)C(C)(OO)OOC(C)(OO)C(C)C. The van der Waals surface area contributed by atoms with Gasteiger partial charge in [0.1, 0.15) is 0 Å². The molecular weight excluding hydrogens is 216 g/mol. The average Bonchev–Trinajstić information content (AvgIpc) is 2.24. The third-order valence-corrected chi connectivity index (χ3v) is 2.83. The Balaban J connectivity index is 4.52. The van der Waals surface area contributed by atoms with Gasteiger partial charge in [0.25, 0.3) is 0 Å². The normalized spacial score (nSPS) is 19.9. The third kappa shape index (κ3) is 3.65. The highest BCUT2D eigenvalue weighted by Crippen LogP contribution is 2.28. The van der Waals surface area contributed by atoms with E-state index < -0.39 is 11.6 Å². The van der Waals surface area contributed by atoms with E-state index in [4.69, 9.17) is 20.3 Å². The molecule has 0 aromatic rings. The van der Waals surface area contributed by atoms with Gasteiger partial charge in [-0.05, 0) is 13.8 Å². The molecule has 6 heteroatoms. The van der Waals surface area contributed by atoms with E-state index >= 15 is 0 Å². The van der Waals surface area contributed by atoms with Crippen LogP contribution in [0.2, 0.25) is 0 Å². The van der Waals surface area contributed by atoms with Crippen molar-refractivity contribution in [3.8, 4) is 0 Å². The standard InChI is InChI=1S/C10H22O6/c1-7(2)9(5,13-11)15-16-10(6,14-12)8(3)4/h7-8,11-12H,1-6H3. The van der Waals surface area contributed by atoms with Crippen molar-refractivity contribution < 1.29 is 30.1 Å². The summed E-state index contributed by atoms with van der Waals surface area (Å²) in [7, 11) is 0. The van der Waals surface area contributed by atoms with E-state index in [1.807, 2.05) is 0 Å². The zero-order valence-electron chi connectivity index (χ0n) is 10.7. The summed E-state index contributed by atoms with van der Waals surface area (Å²) in [6.45, 7) is 10.2. The fourth-order valence-corrected chi connectivity index (χ4v) is 0.599. The van der Waals surface area contributed by atoms with Crippen LogP contribution in [0, 0.1) is 11.8 Å². The first kappa shape index (κ1) is 15.8. The van der Waals surface area contributed by atoms with Gasteiger partial charge < -0.3 is 0 Å². The van der Waals surface area contributed by atoms with Crippen LogP contribution in [-0.4, -0.2) is 22.1 Å². The highest BCUT2D eigenvalue weighted by atomic mass is 17.3. The summed E-state index contributed by atoms with van der Waals surface area (Å²) < 4.78 is 0. The molecular formula is C10H22O6.